The number of hydrogen-bond donors (Lipinski definition) is 0. The lowest BCUT2D eigenvalue weighted by molar-refractivity contribution is -0.127. The van der Waals surface area contributed by atoms with Crippen LogP contribution in [0.15, 0.2) is 53.7 Å². The molecule has 8 heteroatoms. The number of thioether (sulfide) groups is 1. The van der Waals surface area contributed by atoms with Gasteiger partial charge in [-0.3, -0.25) is 19.1 Å². The van der Waals surface area contributed by atoms with Gasteiger partial charge in [-0.15, -0.1) is 10.2 Å². The molecular weight excluding hydrogens is 432 g/mol. The summed E-state index contributed by atoms with van der Waals surface area (Å²) in [4.78, 5) is 27.7. The van der Waals surface area contributed by atoms with Crippen molar-refractivity contribution < 1.29 is 9.59 Å². The number of benzene rings is 2. The first-order chi connectivity index (χ1) is 14.9. The third kappa shape index (κ3) is 4.67. The lowest BCUT2D eigenvalue weighted by Crippen LogP contribution is -2.41. The van der Waals surface area contributed by atoms with Crippen LogP contribution in [0, 0.1) is 13.8 Å². The minimum Gasteiger partial charge on any atom is -0.278 e. The van der Waals surface area contributed by atoms with E-state index in [4.69, 9.17) is 11.6 Å². The molecule has 0 bridgehead atoms. The third-order valence-electron chi connectivity index (χ3n) is 5.28. The number of rotatable bonds is 4. The second-order valence-corrected chi connectivity index (χ2v) is 9.21. The average Bonchev–Trinajstić information content (AvgIpc) is 3.02. The molecule has 4 rings (SSSR count). The van der Waals surface area contributed by atoms with Crippen LogP contribution in [0.4, 0.5) is 0 Å². The summed E-state index contributed by atoms with van der Waals surface area (Å²) in [6.07, 6.45) is 2.34. The topological polar surface area (TPSA) is 68.1 Å². The Balaban J connectivity index is 1.60. The summed E-state index contributed by atoms with van der Waals surface area (Å²) < 4.78 is 1.96. The van der Waals surface area contributed by atoms with Crippen LogP contribution in [-0.4, -0.2) is 43.3 Å². The minimum atomic E-state index is -0.397. The second-order valence-electron chi connectivity index (χ2n) is 7.61. The van der Waals surface area contributed by atoms with E-state index in [1.54, 1.807) is 24.3 Å². The van der Waals surface area contributed by atoms with E-state index in [2.05, 4.69) is 16.3 Å². The SMILES string of the molecule is Cc1cccc(-n2c(C)nnc2SC2CCCCN(C(=O)c3ccc(Cl)cc3)C2=O)c1. The Morgan fingerprint density at radius 3 is 2.61 bits per heavy atom. The van der Waals surface area contributed by atoms with Gasteiger partial charge in [-0.1, -0.05) is 41.9 Å². The van der Waals surface area contributed by atoms with Gasteiger partial charge < -0.3 is 0 Å². The zero-order valence-corrected chi connectivity index (χ0v) is 19.0. The molecule has 160 valence electrons. The average molecular weight is 455 g/mol. The zero-order valence-electron chi connectivity index (χ0n) is 17.4. The van der Waals surface area contributed by atoms with Crippen molar-refractivity contribution >= 4 is 35.2 Å². The number of aryl methyl sites for hydroxylation is 2. The largest absolute Gasteiger partial charge is 0.278 e. The monoisotopic (exact) mass is 454 g/mol. The maximum atomic E-state index is 13.3. The summed E-state index contributed by atoms with van der Waals surface area (Å²) >= 11 is 7.31. The van der Waals surface area contributed by atoms with Crippen LogP contribution in [-0.2, 0) is 4.79 Å². The van der Waals surface area contributed by atoms with E-state index in [1.807, 2.05) is 36.6 Å². The Hall–Kier alpha value is -2.64. The number of carbonyl (C=O) groups is 2. The highest BCUT2D eigenvalue weighted by atomic mass is 35.5. The van der Waals surface area contributed by atoms with E-state index in [-0.39, 0.29) is 11.8 Å². The molecule has 1 aliphatic rings. The molecule has 1 aromatic heterocycles. The number of nitrogens with zero attached hydrogens (tertiary/aromatic N) is 4. The Morgan fingerprint density at radius 2 is 1.87 bits per heavy atom. The molecule has 6 nitrogen and oxygen atoms in total. The van der Waals surface area contributed by atoms with Crippen molar-refractivity contribution in [3.05, 3.63) is 70.5 Å². The second kappa shape index (κ2) is 9.24. The smallest absolute Gasteiger partial charge is 0.260 e. The van der Waals surface area contributed by atoms with Gasteiger partial charge in [-0.2, -0.15) is 0 Å². The summed E-state index contributed by atoms with van der Waals surface area (Å²) in [6, 6.07) is 14.7. The molecule has 3 aromatic rings. The molecule has 0 aliphatic carbocycles. The van der Waals surface area contributed by atoms with Crippen molar-refractivity contribution in [2.75, 3.05) is 6.54 Å². The standard InChI is InChI=1S/C23H23ClN4O2S/c1-15-6-5-7-19(14-15)28-16(2)25-26-23(28)31-20-8-3-4-13-27(22(20)30)21(29)17-9-11-18(24)12-10-17/h5-7,9-12,14,20H,3-4,8,13H2,1-2H3. The van der Waals surface area contributed by atoms with Gasteiger partial charge in [0.1, 0.15) is 5.82 Å². The number of imide groups is 1. The van der Waals surface area contributed by atoms with Gasteiger partial charge in [0.25, 0.3) is 5.91 Å². The fourth-order valence-corrected chi connectivity index (χ4v) is 5.00. The lowest BCUT2D eigenvalue weighted by Gasteiger charge is -2.22. The molecule has 0 saturated carbocycles. The van der Waals surface area contributed by atoms with E-state index in [0.717, 1.165) is 29.9 Å². The van der Waals surface area contributed by atoms with Crippen molar-refractivity contribution in [1.82, 2.24) is 19.7 Å². The Bertz CT molecular complexity index is 1110. The molecule has 0 radical (unpaired) electrons. The Labute approximate surface area is 190 Å². The van der Waals surface area contributed by atoms with Crippen LogP contribution in [0.5, 0.6) is 0 Å². The first-order valence-electron chi connectivity index (χ1n) is 10.2. The summed E-state index contributed by atoms with van der Waals surface area (Å²) in [7, 11) is 0. The number of carbonyl (C=O) groups excluding carboxylic acids is 2. The van der Waals surface area contributed by atoms with Crippen LogP contribution >= 0.6 is 23.4 Å². The van der Waals surface area contributed by atoms with E-state index in [0.29, 0.717) is 28.7 Å². The highest BCUT2D eigenvalue weighted by Crippen LogP contribution is 2.32. The van der Waals surface area contributed by atoms with Crippen LogP contribution in [0.2, 0.25) is 5.02 Å². The summed E-state index contributed by atoms with van der Waals surface area (Å²) in [5, 5.41) is 9.37. The lowest BCUT2D eigenvalue weighted by atomic mass is 10.2. The number of aromatic nitrogens is 3. The van der Waals surface area contributed by atoms with E-state index in [9.17, 15) is 9.59 Å². The summed E-state index contributed by atoms with van der Waals surface area (Å²) in [5.41, 5.74) is 2.55. The van der Waals surface area contributed by atoms with Crippen molar-refractivity contribution in [2.45, 2.75) is 43.5 Å². The molecule has 1 atom stereocenters. The maximum Gasteiger partial charge on any atom is 0.260 e. The fourth-order valence-electron chi connectivity index (χ4n) is 3.68. The van der Waals surface area contributed by atoms with Crippen molar-refractivity contribution in [2.24, 2.45) is 0 Å². The first-order valence-corrected chi connectivity index (χ1v) is 11.5. The first kappa shape index (κ1) is 21.6. The molecule has 31 heavy (non-hydrogen) atoms. The molecule has 0 spiro atoms. The Morgan fingerprint density at radius 1 is 1.10 bits per heavy atom. The summed E-state index contributed by atoms with van der Waals surface area (Å²) in [6.45, 7) is 4.34. The highest BCUT2D eigenvalue weighted by molar-refractivity contribution is 8.00. The fraction of sp³-hybridized carbons (Fsp3) is 0.304. The molecule has 1 unspecified atom stereocenters. The predicted octanol–water partition coefficient (Wildman–Crippen LogP) is 4.85. The maximum absolute atomic E-state index is 13.3. The van der Waals surface area contributed by atoms with Gasteiger partial charge in [0.05, 0.1) is 5.25 Å². The summed E-state index contributed by atoms with van der Waals surface area (Å²) in [5.74, 6) is 0.285. The third-order valence-corrected chi connectivity index (χ3v) is 6.73. The predicted molar refractivity (Wildman–Crippen MR) is 122 cm³/mol. The van der Waals surface area contributed by atoms with E-state index >= 15 is 0 Å². The van der Waals surface area contributed by atoms with Crippen molar-refractivity contribution in [3.63, 3.8) is 0 Å². The molecule has 0 N–H and O–H groups in total. The molecule has 1 aliphatic heterocycles. The highest BCUT2D eigenvalue weighted by Gasteiger charge is 2.33. The van der Waals surface area contributed by atoms with Crippen molar-refractivity contribution in [3.8, 4) is 5.69 Å². The van der Waals surface area contributed by atoms with Crippen LogP contribution in [0.25, 0.3) is 5.69 Å². The molecule has 2 amide bonds. The van der Waals surface area contributed by atoms with Crippen LogP contribution in [0.1, 0.15) is 41.0 Å². The van der Waals surface area contributed by atoms with Gasteiger partial charge in [-0.05, 0) is 68.7 Å². The molecule has 1 saturated heterocycles. The number of halogens is 1. The number of likely N-dealkylation sites (tertiary alicyclic amines) is 1. The Kier molecular flexibility index (Phi) is 6.43. The molecule has 2 heterocycles. The van der Waals surface area contributed by atoms with Gasteiger partial charge in [0, 0.05) is 22.8 Å². The zero-order chi connectivity index (χ0) is 22.0. The van der Waals surface area contributed by atoms with Gasteiger partial charge in [-0.25, -0.2) is 0 Å². The normalized spacial score (nSPS) is 16.9. The molecule has 1 fully saturated rings. The quantitative estimate of drug-likeness (QED) is 0.527. The number of hydrogen-bond acceptors (Lipinski definition) is 5. The van der Waals surface area contributed by atoms with E-state index in [1.165, 1.54) is 16.7 Å². The van der Waals surface area contributed by atoms with Crippen molar-refractivity contribution in [1.29, 1.82) is 0 Å². The van der Waals surface area contributed by atoms with Crippen LogP contribution in [0.3, 0.4) is 0 Å². The minimum absolute atomic E-state index is 0.182. The van der Waals surface area contributed by atoms with Gasteiger partial charge >= 0.3 is 0 Å². The molecular formula is C23H23ClN4O2S. The van der Waals surface area contributed by atoms with Crippen LogP contribution < -0.4 is 0 Å². The number of amides is 2. The molecule has 2 aromatic carbocycles. The van der Waals surface area contributed by atoms with Gasteiger partial charge in [0.15, 0.2) is 5.16 Å². The van der Waals surface area contributed by atoms with Gasteiger partial charge in [0.2, 0.25) is 5.91 Å². The van der Waals surface area contributed by atoms with E-state index < -0.39 is 5.25 Å².